The molecule has 0 atom stereocenters. The van der Waals surface area contributed by atoms with Crippen molar-refractivity contribution in [3.05, 3.63) is 48.8 Å². The standard InChI is InChI=1S/C12H8N4S/c1-3-7-13-9(5-1)11-12(16-17-15-11)10-6-2-4-8-14-10/h1-8H. The van der Waals surface area contributed by atoms with Gasteiger partial charge < -0.3 is 0 Å². The fourth-order valence-electron chi connectivity index (χ4n) is 1.53. The van der Waals surface area contributed by atoms with E-state index in [1.54, 1.807) is 12.4 Å². The summed E-state index contributed by atoms with van der Waals surface area (Å²) >= 11 is 1.18. The predicted molar refractivity (Wildman–Crippen MR) is 66.4 cm³/mol. The first-order chi connectivity index (χ1) is 8.45. The van der Waals surface area contributed by atoms with Gasteiger partial charge in [-0.15, -0.1) is 0 Å². The van der Waals surface area contributed by atoms with Crippen LogP contribution in [0.1, 0.15) is 0 Å². The van der Waals surface area contributed by atoms with Gasteiger partial charge in [-0.2, -0.15) is 8.75 Å². The first-order valence-corrected chi connectivity index (χ1v) is 5.83. The van der Waals surface area contributed by atoms with Gasteiger partial charge in [-0.1, -0.05) is 12.1 Å². The van der Waals surface area contributed by atoms with Crippen molar-refractivity contribution < 1.29 is 0 Å². The molecule has 0 N–H and O–H groups in total. The molecule has 4 nitrogen and oxygen atoms in total. The van der Waals surface area contributed by atoms with E-state index < -0.39 is 0 Å². The Kier molecular flexibility index (Phi) is 2.59. The van der Waals surface area contributed by atoms with Crippen molar-refractivity contribution >= 4 is 11.7 Å². The van der Waals surface area contributed by atoms with E-state index in [9.17, 15) is 0 Å². The van der Waals surface area contributed by atoms with E-state index in [4.69, 9.17) is 0 Å². The predicted octanol–water partition coefficient (Wildman–Crippen LogP) is 2.66. The van der Waals surface area contributed by atoms with Gasteiger partial charge in [0.15, 0.2) is 0 Å². The number of pyridine rings is 2. The van der Waals surface area contributed by atoms with Crippen LogP contribution in [0.3, 0.4) is 0 Å². The molecule has 0 bridgehead atoms. The zero-order valence-corrected chi connectivity index (χ0v) is 9.63. The van der Waals surface area contributed by atoms with Crippen LogP contribution in [-0.4, -0.2) is 18.7 Å². The molecule has 0 unspecified atom stereocenters. The molecule has 17 heavy (non-hydrogen) atoms. The lowest BCUT2D eigenvalue weighted by atomic mass is 10.2. The van der Waals surface area contributed by atoms with Gasteiger partial charge in [-0.3, -0.25) is 9.97 Å². The van der Waals surface area contributed by atoms with E-state index in [1.807, 2.05) is 36.4 Å². The molecule has 82 valence electrons. The molecule has 0 radical (unpaired) electrons. The van der Waals surface area contributed by atoms with Crippen molar-refractivity contribution in [3.63, 3.8) is 0 Å². The van der Waals surface area contributed by atoms with E-state index in [0.717, 1.165) is 22.8 Å². The van der Waals surface area contributed by atoms with Gasteiger partial charge >= 0.3 is 0 Å². The van der Waals surface area contributed by atoms with Gasteiger partial charge in [-0.25, -0.2) is 0 Å². The lowest BCUT2D eigenvalue weighted by Gasteiger charge is -1.99. The highest BCUT2D eigenvalue weighted by Crippen LogP contribution is 2.26. The second-order valence-electron chi connectivity index (χ2n) is 3.39. The zero-order valence-electron chi connectivity index (χ0n) is 8.82. The lowest BCUT2D eigenvalue weighted by molar-refractivity contribution is 1.27. The normalized spacial score (nSPS) is 10.4. The van der Waals surface area contributed by atoms with Crippen molar-refractivity contribution in [2.24, 2.45) is 0 Å². The van der Waals surface area contributed by atoms with Crippen LogP contribution in [0.4, 0.5) is 0 Å². The van der Waals surface area contributed by atoms with E-state index in [-0.39, 0.29) is 0 Å². The van der Waals surface area contributed by atoms with Crippen LogP contribution in [0, 0.1) is 0 Å². The fraction of sp³-hybridized carbons (Fsp3) is 0. The molecule has 3 heterocycles. The average molecular weight is 240 g/mol. The summed E-state index contributed by atoms with van der Waals surface area (Å²) in [5.74, 6) is 0. The molecule has 0 aliphatic rings. The van der Waals surface area contributed by atoms with E-state index in [2.05, 4.69) is 18.7 Å². The maximum absolute atomic E-state index is 4.29. The summed E-state index contributed by atoms with van der Waals surface area (Å²) in [6, 6.07) is 11.5. The number of rotatable bonds is 2. The Bertz CT molecular complexity index is 553. The summed E-state index contributed by atoms with van der Waals surface area (Å²) in [7, 11) is 0. The molecule has 3 rings (SSSR count). The molecule has 0 aliphatic heterocycles. The highest BCUT2D eigenvalue weighted by Gasteiger charge is 2.13. The monoisotopic (exact) mass is 240 g/mol. The lowest BCUT2D eigenvalue weighted by Crippen LogP contribution is -1.88. The summed E-state index contributed by atoms with van der Waals surface area (Å²) in [6.07, 6.45) is 3.49. The molecule has 0 amide bonds. The molecule has 0 saturated carbocycles. The summed E-state index contributed by atoms with van der Waals surface area (Å²) in [4.78, 5) is 8.57. The van der Waals surface area contributed by atoms with Gasteiger partial charge in [-0.05, 0) is 24.3 Å². The number of hydrogen-bond acceptors (Lipinski definition) is 5. The van der Waals surface area contributed by atoms with Gasteiger partial charge in [0.2, 0.25) is 0 Å². The third kappa shape index (κ3) is 1.92. The fourth-order valence-corrected chi connectivity index (χ4v) is 2.09. The smallest absolute Gasteiger partial charge is 0.132 e. The Morgan fingerprint density at radius 1 is 0.706 bits per heavy atom. The second-order valence-corrected chi connectivity index (χ2v) is 3.92. The van der Waals surface area contributed by atoms with Crippen molar-refractivity contribution in [1.82, 2.24) is 18.7 Å². The molecule has 5 heteroatoms. The Morgan fingerprint density at radius 2 is 1.24 bits per heavy atom. The van der Waals surface area contributed by atoms with Crippen LogP contribution in [0.5, 0.6) is 0 Å². The Labute approximate surface area is 102 Å². The maximum Gasteiger partial charge on any atom is 0.132 e. The quantitative estimate of drug-likeness (QED) is 0.691. The van der Waals surface area contributed by atoms with Gasteiger partial charge in [0.25, 0.3) is 0 Å². The van der Waals surface area contributed by atoms with Crippen molar-refractivity contribution in [3.8, 4) is 22.8 Å². The maximum atomic E-state index is 4.29. The Morgan fingerprint density at radius 3 is 1.65 bits per heavy atom. The van der Waals surface area contributed by atoms with Gasteiger partial charge in [0, 0.05) is 12.4 Å². The molecule has 0 fully saturated rings. The average Bonchev–Trinajstić information content (AvgIpc) is 2.90. The minimum atomic E-state index is 0.786. The zero-order chi connectivity index (χ0) is 11.5. The minimum Gasteiger partial charge on any atom is -0.254 e. The molecule has 3 aromatic rings. The summed E-state index contributed by atoms with van der Waals surface area (Å²) < 4.78 is 8.58. The SMILES string of the molecule is c1ccc(-c2nsnc2-c2ccccn2)nc1. The van der Waals surface area contributed by atoms with E-state index in [0.29, 0.717) is 0 Å². The second kappa shape index (κ2) is 4.39. The van der Waals surface area contributed by atoms with E-state index >= 15 is 0 Å². The highest BCUT2D eigenvalue weighted by molar-refractivity contribution is 6.99. The van der Waals surface area contributed by atoms with Gasteiger partial charge in [0.1, 0.15) is 11.4 Å². The molecule has 3 aromatic heterocycles. The third-order valence-electron chi connectivity index (χ3n) is 2.30. The van der Waals surface area contributed by atoms with Crippen LogP contribution in [0.25, 0.3) is 22.8 Å². The molecular weight excluding hydrogens is 232 g/mol. The van der Waals surface area contributed by atoms with Crippen molar-refractivity contribution in [1.29, 1.82) is 0 Å². The Hall–Kier alpha value is -2.14. The van der Waals surface area contributed by atoms with Gasteiger partial charge in [0.05, 0.1) is 23.1 Å². The number of hydrogen-bond donors (Lipinski definition) is 0. The van der Waals surface area contributed by atoms with E-state index in [1.165, 1.54) is 11.7 Å². The van der Waals surface area contributed by atoms with Crippen molar-refractivity contribution in [2.75, 3.05) is 0 Å². The first-order valence-electron chi connectivity index (χ1n) is 5.10. The van der Waals surface area contributed by atoms with Crippen LogP contribution in [0.2, 0.25) is 0 Å². The first kappa shape index (κ1) is 10.0. The topological polar surface area (TPSA) is 51.6 Å². The molecular formula is C12H8N4S. The highest BCUT2D eigenvalue weighted by atomic mass is 32.1. The van der Waals surface area contributed by atoms with Crippen LogP contribution < -0.4 is 0 Å². The van der Waals surface area contributed by atoms with Crippen LogP contribution >= 0.6 is 11.7 Å². The number of aromatic nitrogens is 4. The minimum absolute atomic E-state index is 0.786. The molecule has 0 aromatic carbocycles. The molecule has 0 aliphatic carbocycles. The third-order valence-corrected chi connectivity index (χ3v) is 2.83. The summed E-state index contributed by atoms with van der Waals surface area (Å²) in [5.41, 5.74) is 3.22. The van der Waals surface area contributed by atoms with Crippen molar-refractivity contribution in [2.45, 2.75) is 0 Å². The summed E-state index contributed by atoms with van der Waals surface area (Å²) in [5, 5.41) is 0. The number of nitrogens with zero attached hydrogens (tertiary/aromatic N) is 4. The molecule has 0 saturated heterocycles. The largest absolute Gasteiger partial charge is 0.254 e. The molecule has 0 spiro atoms. The van der Waals surface area contributed by atoms with Crippen LogP contribution in [0.15, 0.2) is 48.8 Å². The summed E-state index contributed by atoms with van der Waals surface area (Å²) in [6.45, 7) is 0. The van der Waals surface area contributed by atoms with Crippen LogP contribution in [-0.2, 0) is 0 Å². The Balaban J connectivity index is 2.13.